The summed E-state index contributed by atoms with van der Waals surface area (Å²) < 4.78 is 23.9. The molecule has 2 aromatic rings. The fraction of sp³-hybridized carbons (Fsp3) is 0.0769. The van der Waals surface area contributed by atoms with Crippen molar-refractivity contribution in [1.29, 1.82) is 0 Å². The van der Waals surface area contributed by atoms with Gasteiger partial charge in [-0.3, -0.25) is 0 Å². The Hall–Kier alpha value is -0.940. The molecular weight excluding hydrogens is 343 g/mol. The Balaban J connectivity index is 0.000000347. The van der Waals surface area contributed by atoms with Gasteiger partial charge in [0.15, 0.2) is 0 Å². The lowest BCUT2D eigenvalue weighted by Crippen LogP contribution is -1.94. The van der Waals surface area contributed by atoms with Crippen molar-refractivity contribution in [3.63, 3.8) is 0 Å². The molecule has 0 N–H and O–H groups in total. The first-order valence-electron chi connectivity index (χ1n) is 5.41. The number of halogens is 3. The van der Waals surface area contributed by atoms with Gasteiger partial charge >= 0.3 is 8.26 Å². The highest BCUT2D eigenvalue weighted by molar-refractivity contribution is 8.31. The molecule has 2 rings (SSSR count). The largest absolute Gasteiger partial charge is 0.489 e. The van der Waals surface area contributed by atoms with Crippen molar-refractivity contribution in [2.75, 3.05) is 0 Å². The van der Waals surface area contributed by atoms with Crippen LogP contribution in [0.5, 0.6) is 5.75 Å². The number of hydrogen-bond donors (Lipinski definition) is 0. The Labute approximate surface area is 132 Å². The van der Waals surface area contributed by atoms with Gasteiger partial charge in [0.1, 0.15) is 12.4 Å². The highest BCUT2D eigenvalue weighted by Crippen LogP contribution is 2.13. The van der Waals surface area contributed by atoms with Crippen LogP contribution in [0.4, 0.5) is 0 Å². The molecule has 0 amide bonds. The summed E-state index contributed by atoms with van der Waals surface area (Å²) in [5, 5.41) is 0.749. The molecule has 0 saturated heterocycles. The Kier molecular flexibility index (Phi) is 7.16. The van der Waals surface area contributed by atoms with Gasteiger partial charge in [0.25, 0.3) is 0 Å². The quantitative estimate of drug-likeness (QED) is 0.756. The zero-order chi connectivity index (χ0) is 15.0. The average molecular weight is 354 g/mol. The minimum atomic E-state index is -3.72. The molecule has 0 saturated carbocycles. The van der Waals surface area contributed by atoms with E-state index in [0.717, 1.165) is 16.3 Å². The molecule has 0 unspecified atom stereocenters. The summed E-state index contributed by atoms with van der Waals surface area (Å²) in [5.74, 6) is 0.882. The maximum atomic E-state index is 9.16. The molecule has 0 spiro atoms. The van der Waals surface area contributed by atoms with Crippen LogP contribution < -0.4 is 4.74 Å². The van der Waals surface area contributed by atoms with Crippen LogP contribution in [0.15, 0.2) is 54.6 Å². The van der Waals surface area contributed by atoms with Gasteiger partial charge in [-0.1, -0.05) is 41.9 Å². The molecule has 0 aliphatic carbocycles. The predicted molar refractivity (Wildman–Crippen MR) is 82.9 cm³/mol. The Bertz CT molecular complexity index is 605. The molecule has 0 aromatic heterocycles. The molecule has 2 aromatic carbocycles. The van der Waals surface area contributed by atoms with Crippen molar-refractivity contribution in [2.45, 2.75) is 6.61 Å². The molecule has 0 heterocycles. The van der Waals surface area contributed by atoms with Gasteiger partial charge < -0.3 is 4.74 Å². The summed E-state index contributed by atoms with van der Waals surface area (Å²) >= 11 is 5.79. The number of rotatable bonds is 3. The summed E-state index contributed by atoms with van der Waals surface area (Å²) in [6.45, 7) is 0.571. The first-order chi connectivity index (χ1) is 9.34. The van der Waals surface area contributed by atoms with Crippen molar-refractivity contribution in [1.82, 2.24) is 0 Å². The summed E-state index contributed by atoms with van der Waals surface area (Å²) in [5.41, 5.74) is 1.11. The van der Waals surface area contributed by atoms with E-state index in [0.29, 0.717) is 6.61 Å². The van der Waals surface area contributed by atoms with E-state index in [1.807, 2.05) is 54.6 Å². The van der Waals surface area contributed by atoms with Crippen LogP contribution >= 0.6 is 33.0 Å². The lowest BCUT2D eigenvalue weighted by molar-refractivity contribution is 0.306. The molecule has 0 aliphatic heterocycles. The van der Waals surface area contributed by atoms with Crippen LogP contribution in [0.25, 0.3) is 0 Å². The van der Waals surface area contributed by atoms with E-state index in [4.69, 9.17) is 24.8 Å². The molecule has 0 bridgehead atoms. The van der Waals surface area contributed by atoms with Crippen LogP contribution in [-0.4, -0.2) is 8.42 Å². The van der Waals surface area contributed by atoms with Gasteiger partial charge in [0, 0.05) is 26.4 Å². The van der Waals surface area contributed by atoms with Crippen LogP contribution in [0.3, 0.4) is 0 Å². The van der Waals surface area contributed by atoms with Gasteiger partial charge in [-0.05, 0) is 29.8 Å². The highest BCUT2D eigenvalue weighted by atomic mass is 36.0. The third-order valence-corrected chi connectivity index (χ3v) is 2.31. The van der Waals surface area contributed by atoms with Gasteiger partial charge in [-0.25, -0.2) is 0 Å². The van der Waals surface area contributed by atoms with E-state index in [1.165, 1.54) is 0 Å². The molecule has 0 fully saturated rings. The second kappa shape index (κ2) is 8.37. The number of hydrogen-bond acceptors (Lipinski definition) is 3. The van der Waals surface area contributed by atoms with Gasteiger partial charge in [0.05, 0.1) is 0 Å². The van der Waals surface area contributed by atoms with E-state index < -0.39 is 8.26 Å². The maximum Gasteiger partial charge on any atom is 0.317 e. The number of para-hydroxylation sites is 1. The molecule has 0 radical (unpaired) electrons. The zero-order valence-electron chi connectivity index (χ0n) is 10.2. The highest BCUT2D eigenvalue weighted by Gasteiger charge is 1.94. The predicted octanol–water partition coefficient (Wildman–Crippen LogP) is 4.63. The Morgan fingerprint density at radius 2 is 1.40 bits per heavy atom. The van der Waals surface area contributed by atoms with E-state index in [9.17, 15) is 0 Å². The molecule has 7 heteroatoms. The topological polar surface area (TPSA) is 43.4 Å². The Morgan fingerprint density at radius 3 is 1.90 bits per heavy atom. The smallest absolute Gasteiger partial charge is 0.317 e. The van der Waals surface area contributed by atoms with Crippen molar-refractivity contribution in [3.05, 3.63) is 65.2 Å². The van der Waals surface area contributed by atoms with Crippen LogP contribution in [0, 0.1) is 0 Å². The average Bonchev–Trinajstić information content (AvgIpc) is 2.37. The lowest BCUT2D eigenvalue weighted by Gasteiger charge is -2.05. The van der Waals surface area contributed by atoms with Crippen LogP contribution in [0.2, 0.25) is 5.02 Å². The SMILES string of the molecule is Clc1ccc(COc2ccccc2)cc1.O=S(=O)(Cl)Cl. The monoisotopic (exact) mass is 352 g/mol. The van der Waals surface area contributed by atoms with Gasteiger partial charge in [0.2, 0.25) is 0 Å². The second-order valence-corrected chi connectivity index (χ2v) is 7.71. The summed E-state index contributed by atoms with van der Waals surface area (Å²) in [4.78, 5) is 0. The van der Waals surface area contributed by atoms with E-state index in [1.54, 1.807) is 0 Å². The zero-order valence-corrected chi connectivity index (χ0v) is 13.3. The van der Waals surface area contributed by atoms with Crippen LogP contribution in [-0.2, 0) is 14.9 Å². The molecule has 0 atom stereocenters. The molecule has 108 valence electrons. The third-order valence-electron chi connectivity index (χ3n) is 2.06. The molecule has 3 nitrogen and oxygen atoms in total. The van der Waals surface area contributed by atoms with Crippen molar-refractivity contribution < 1.29 is 13.2 Å². The molecule has 20 heavy (non-hydrogen) atoms. The second-order valence-electron chi connectivity index (χ2n) is 3.61. The maximum absolute atomic E-state index is 9.16. The summed E-state index contributed by atoms with van der Waals surface area (Å²) in [6.07, 6.45) is 0. The van der Waals surface area contributed by atoms with Crippen molar-refractivity contribution in [2.24, 2.45) is 0 Å². The number of ether oxygens (including phenoxy) is 1. The van der Waals surface area contributed by atoms with Crippen molar-refractivity contribution >= 4 is 41.2 Å². The summed E-state index contributed by atoms with van der Waals surface area (Å²) in [6, 6.07) is 17.4. The van der Waals surface area contributed by atoms with E-state index in [2.05, 4.69) is 21.4 Å². The normalized spacial score (nSPS) is 10.3. The third kappa shape index (κ3) is 9.04. The van der Waals surface area contributed by atoms with E-state index >= 15 is 0 Å². The van der Waals surface area contributed by atoms with Crippen molar-refractivity contribution in [3.8, 4) is 5.75 Å². The Morgan fingerprint density at radius 1 is 0.900 bits per heavy atom. The first kappa shape index (κ1) is 17.1. The molecular formula is C13H11Cl3O3S. The van der Waals surface area contributed by atoms with Crippen LogP contribution in [0.1, 0.15) is 5.56 Å². The lowest BCUT2D eigenvalue weighted by atomic mass is 10.2. The first-order valence-corrected chi connectivity index (χ1v) is 8.92. The van der Waals surface area contributed by atoms with Gasteiger partial charge in [-0.15, -0.1) is 0 Å². The fourth-order valence-corrected chi connectivity index (χ4v) is 1.39. The van der Waals surface area contributed by atoms with Gasteiger partial charge in [-0.2, -0.15) is 8.42 Å². The minimum Gasteiger partial charge on any atom is -0.489 e. The fourth-order valence-electron chi connectivity index (χ4n) is 1.26. The number of benzene rings is 2. The summed E-state index contributed by atoms with van der Waals surface area (Å²) in [7, 11) is 4.81. The minimum absolute atomic E-state index is 0.571. The van der Waals surface area contributed by atoms with E-state index in [-0.39, 0.29) is 0 Å². The standard InChI is InChI=1S/C13H11ClO.Cl2O2S/c14-12-8-6-11(7-9-12)10-15-13-4-2-1-3-5-13;1-5(2,3)4/h1-9H,10H2;. The molecule has 0 aliphatic rings.